The van der Waals surface area contributed by atoms with Crippen molar-refractivity contribution in [2.75, 3.05) is 13.2 Å². The Hall–Kier alpha value is -2.38. The van der Waals surface area contributed by atoms with Gasteiger partial charge in [0.25, 0.3) is 0 Å². The summed E-state index contributed by atoms with van der Waals surface area (Å²) in [6, 6.07) is 30.7. The molecule has 0 radical (unpaired) electrons. The number of rotatable bonds is 9. The average Bonchev–Trinajstić information content (AvgIpc) is 2.89. The standard InChI is InChI=1S/C27H24Cl3NO4S/c28-26(29,30)18-35-25(33)34-17-16-22-23(32)31-24(22)36-27(19-10-4-1-5-11-19,20-12-6-2-7-13-20)21-14-8-3-9-15-21/h1-15,22,24H,16-18H2,(H,31,32)/t22-,24+/m0/s1. The van der Waals surface area contributed by atoms with E-state index in [0.29, 0.717) is 6.42 Å². The van der Waals surface area contributed by atoms with E-state index in [1.807, 2.05) is 54.6 Å². The maximum atomic E-state index is 12.5. The molecule has 0 bridgehead atoms. The zero-order valence-electron chi connectivity index (χ0n) is 19.1. The quantitative estimate of drug-likeness (QED) is 0.136. The van der Waals surface area contributed by atoms with Crippen molar-refractivity contribution in [3.63, 3.8) is 0 Å². The van der Waals surface area contributed by atoms with Crippen LogP contribution in [0.5, 0.6) is 0 Å². The van der Waals surface area contributed by atoms with Crippen LogP contribution in [-0.2, 0) is 19.0 Å². The Morgan fingerprint density at radius 3 is 1.69 bits per heavy atom. The first-order valence-corrected chi connectivity index (χ1v) is 13.3. The molecule has 3 aromatic carbocycles. The zero-order valence-corrected chi connectivity index (χ0v) is 22.2. The van der Waals surface area contributed by atoms with Crippen LogP contribution in [0.4, 0.5) is 4.79 Å². The second-order valence-corrected chi connectivity index (χ2v) is 12.1. The molecule has 5 nitrogen and oxygen atoms in total. The molecule has 0 aliphatic carbocycles. The fraction of sp³-hybridized carbons (Fsp3) is 0.259. The number of hydrogen-bond donors (Lipinski definition) is 1. The van der Waals surface area contributed by atoms with Gasteiger partial charge in [0, 0.05) is 0 Å². The van der Waals surface area contributed by atoms with Gasteiger partial charge in [0.1, 0.15) is 6.61 Å². The number of carbonyl (C=O) groups is 2. The first-order chi connectivity index (χ1) is 17.3. The third-order valence-electron chi connectivity index (χ3n) is 5.83. The van der Waals surface area contributed by atoms with E-state index in [0.717, 1.165) is 16.7 Å². The highest BCUT2D eigenvalue weighted by molar-refractivity contribution is 8.01. The van der Waals surface area contributed by atoms with E-state index in [9.17, 15) is 9.59 Å². The summed E-state index contributed by atoms with van der Waals surface area (Å²) in [4.78, 5) is 24.3. The molecule has 36 heavy (non-hydrogen) atoms. The van der Waals surface area contributed by atoms with Crippen molar-refractivity contribution >= 4 is 58.6 Å². The summed E-state index contributed by atoms with van der Waals surface area (Å²) in [7, 11) is 0. The van der Waals surface area contributed by atoms with Crippen LogP contribution in [-0.4, -0.2) is 34.4 Å². The van der Waals surface area contributed by atoms with E-state index in [-0.39, 0.29) is 23.8 Å². The number of amides is 1. The summed E-state index contributed by atoms with van der Waals surface area (Å²) >= 11 is 18.4. The molecular formula is C27H24Cl3NO4S. The van der Waals surface area contributed by atoms with Gasteiger partial charge in [-0.3, -0.25) is 4.79 Å². The summed E-state index contributed by atoms with van der Waals surface area (Å²) < 4.78 is 7.59. The summed E-state index contributed by atoms with van der Waals surface area (Å²) in [5.41, 5.74) is 3.29. The molecule has 1 saturated heterocycles. The van der Waals surface area contributed by atoms with E-state index in [2.05, 4.69) is 41.7 Å². The van der Waals surface area contributed by atoms with Crippen LogP contribution in [0.1, 0.15) is 23.1 Å². The van der Waals surface area contributed by atoms with Crippen LogP contribution < -0.4 is 5.32 Å². The first kappa shape index (κ1) is 26.7. The minimum Gasteiger partial charge on any atom is -0.434 e. The highest BCUT2D eigenvalue weighted by Crippen LogP contribution is 2.52. The molecule has 1 aliphatic heterocycles. The van der Waals surface area contributed by atoms with E-state index < -0.39 is 21.3 Å². The Kier molecular flexibility index (Phi) is 8.73. The van der Waals surface area contributed by atoms with Gasteiger partial charge in [-0.1, -0.05) is 126 Å². The molecule has 1 N–H and O–H groups in total. The zero-order chi connectivity index (χ0) is 25.6. The molecule has 1 fully saturated rings. The fourth-order valence-corrected chi connectivity index (χ4v) is 6.11. The molecule has 3 aromatic rings. The van der Waals surface area contributed by atoms with Gasteiger partial charge in [0.15, 0.2) is 0 Å². The molecule has 1 heterocycles. The van der Waals surface area contributed by atoms with E-state index in [1.165, 1.54) is 0 Å². The number of alkyl halides is 3. The minimum absolute atomic E-state index is 0.00283. The molecule has 188 valence electrons. The molecule has 1 aliphatic rings. The third kappa shape index (κ3) is 6.30. The first-order valence-electron chi connectivity index (χ1n) is 11.3. The number of carbonyl (C=O) groups excluding carboxylic acids is 2. The lowest BCUT2D eigenvalue weighted by atomic mass is 9.84. The van der Waals surface area contributed by atoms with Crippen LogP contribution in [0, 0.1) is 5.92 Å². The summed E-state index contributed by atoms with van der Waals surface area (Å²) in [6.45, 7) is -0.421. The summed E-state index contributed by atoms with van der Waals surface area (Å²) in [5, 5.41) is 2.83. The topological polar surface area (TPSA) is 64.6 Å². The second kappa shape index (κ2) is 11.8. The lowest BCUT2D eigenvalue weighted by Crippen LogP contribution is -2.58. The molecule has 0 saturated carbocycles. The van der Waals surface area contributed by atoms with Crippen molar-refractivity contribution in [1.82, 2.24) is 5.32 Å². The minimum atomic E-state index is -1.72. The van der Waals surface area contributed by atoms with Crippen molar-refractivity contribution in [3.05, 3.63) is 108 Å². The highest BCUT2D eigenvalue weighted by atomic mass is 35.6. The molecule has 4 rings (SSSR count). The van der Waals surface area contributed by atoms with Crippen molar-refractivity contribution in [2.24, 2.45) is 5.92 Å². The van der Waals surface area contributed by atoms with Crippen LogP contribution in [0.15, 0.2) is 91.0 Å². The molecule has 0 aromatic heterocycles. The summed E-state index contributed by atoms with van der Waals surface area (Å²) in [5.74, 6) is -0.444. The van der Waals surface area contributed by atoms with E-state index in [4.69, 9.17) is 44.3 Å². The molecule has 0 spiro atoms. The maximum absolute atomic E-state index is 12.5. The largest absolute Gasteiger partial charge is 0.508 e. The van der Waals surface area contributed by atoms with E-state index >= 15 is 0 Å². The smallest absolute Gasteiger partial charge is 0.434 e. The molecule has 1 amide bonds. The Morgan fingerprint density at radius 2 is 1.28 bits per heavy atom. The van der Waals surface area contributed by atoms with Gasteiger partial charge in [0.2, 0.25) is 9.70 Å². The third-order valence-corrected chi connectivity index (χ3v) is 7.92. The van der Waals surface area contributed by atoms with Gasteiger partial charge < -0.3 is 14.8 Å². The number of hydrogen-bond acceptors (Lipinski definition) is 5. The van der Waals surface area contributed by atoms with Gasteiger partial charge in [-0.15, -0.1) is 11.8 Å². The van der Waals surface area contributed by atoms with Crippen molar-refractivity contribution in [2.45, 2.75) is 20.3 Å². The van der Waals surface area contributed by atoms with Gasteiger partial charge in [0.05, 0.1) is 22.6 Å². The monoisotopic (exact) mass is 563 g/mol. The predicted octanol–water partition coefficient (Wildman–Crippen LogP) is 6.70. The van der Waals surface area contributed by atoms with Crippen molar-refractivity contribution < 1.29 is 19.1 Å². The van der Waals surface area contributed by atoms with Gasteiger partial charge in [-0.25, -0.2) is 4.79 Å². The maximum Gasteiger partial charge on any atom is 0.508 e. The second-order valence-electron chi connectivity index (χ2n) is 8.22. The van der Waals surface area contributed by atoms with Gasteiger partial charge >= 0.3 is 6.16 Å². The normalized spacial score (nSPS) is 17.6. The summed E-state index contributed by atoms with van der Waals surface area (Å²) in [6.07, 6.45) is -0.613. The Labute approximate surface area is 229 Å². The molecule has 9 heteroatoms. The number of ether oxygens (including phenoxy) is 2. The Balaban J connectivity index is 1.57. The average molecular weight is 565 g/mol. The van der Waals surface area contributed by atoms with Crippen molar-refractivity contribution in [1.29, 1.82) is 0 Å². The fourth-order valence-electron chi connectivity index (χ4n) is 4.15. The predicted molar refractivity (Wildman–Crippen MR) is 144 cm³/mol. The van der Waals surface area contributed by atoms with Crippen LogP contribution in [0.2, 0.25) is 0 Å². The number of halogens is 3. The number of thioether (sulfide) groups is 1. The molecule has 2 atom stereocenters. The number of nitrogens with one attached hydrogen (secondary N) is 1. The Bertz CT molecular complexity index is 1060. The van der Waals surface area contributed by atoms with Crippen molar-refractivity contribution in [3.8, 4) is 0 Å². The highest BCUT2D eigenvalue weighted by Gasteiger charge is 2.47. The molecular weight excluding hydrogens is 541 g/mol. The number of benzene rings is 3. The van der Waals surface area contributed by atoms with Crippen LogP contribution in [0.25, 0.3) is 0 Å². The SMILES string of the molecule is O=C(OCC[C@H]1C(=O)N[C@@H]1SC(c1ccccc1)(c1ccccc1)c1ccccc1)OCC(Cl)(Cl)Cl. The number of β-lactam (4-membered cyclic amide) rings is 1. The van der Waals surface area contributed by atoms with Crippen LogP contribution >= 0.6 is 46.6 Å². The lowest BCUT2D eigenvalue weighted by molar-refractivity contribution is -0.133. The van der Waals surface area contributed by atoms with Gasteiger partial charge in [-0.05, 0) is 23.1 Å². The molecule has 0 unspecified atom stereocenters. The Morgan fingerprint density at radius 1 is 0.806 bits per heavy atom. The van der Waals surface area contributed by atoms with Crippen LogP contribution in [0.3, 0.4) is 0 Å². The lowest BCUT2D eigenvalue weighted by Gasteiger charge is -2.44. The van der Waals surface area contributed by atoms with E-state index in [1.54, 1.807) is 11.8 Å². The van der Waals surface area contributed by atoms with Gasteiger partial charge in [-0.2, -0.15) is 0 Å².